The molecule has 0 spiro atoms. The number of nitrogens with two attached hydrogens (primary N) is 1. The van der Waals surface area contributed by atoms with Crippen molar-refractivity contribution in [3.8, 4) is 5.75 Å². The maximum atomic E-state index is 11.8. The summed E-state index contributed by atoms with van der Waals surface area (Å²) in [6, 6.07) is 2.70. The van der Waals surface area contributed by atoms with E-state index in [1.54, 1.807) is 23.0 Å². The Morgan fingerprint density at radius 1 is 1.26 bits per heavy atom. The smallest absolute Gasteiger partial charge is 0.249 e. The second kappa shape index (κ2) is 4.01. The summed E-state index contributed by atoms with van der Waals surface area (Å²) < 4.78 is 1.70. The lowest BCUT2D eigenvalue weighted by Gasteiger charge is -2.21. The van der Waals surface area contributed by atoms with Gasteiger partial charge in [-0.05, 0) is 18.6 Å². The monoisotopic (exact) mass is 259 g/mol. The summed E-state index contributed by atoms with van der Waals surface area (Å²) in [7, 11) is 0. The molecule has 19 heavy (non-hydrogen) atoms. The highest BCUT2D eigenvalue weighted by molar-refractivity contribution is 6.01. The quantitative estimate of drug-likeness (QED) is 0.403. The molecule has 0 saturated carbocycles. The van der Waals surface area contributed by atoms with Gasteiger partial charge in [0.25, 0.3) is 0 Å². The van der Waals surface area contributed by atoms with E-state index in [9.17, 15) is 14.7 Å². The standard InChI is InChI=1S/C13H13N3O3/c14-9-1-3-11(17)8-6-16(5-7(8)9)10-2-4-12(18)15-13(10)19/h1,3,5-6,10,17H,2,4,14H2,(H,15,18,19). The van der Waals surface area contributed by atoms with Crippen LogP contribution in [0.2, 0.25) is 0 Å². The van der Waals surface area contributed by atoms with Gasteiger partial charge in [0.15, 0.2) is 0 Å². The number of phenolic OH excluding ortho intramolecular Hbond substituents is 1. The summed E-state index contributed by atoms with van der Waals surface area (Å²) in [6.07, 6.45) is 4.17. The predicted octanol–water partition coefficient (Wildman–Crippen LogP) is 0.907. The van der Waals surface area contributed by atoms with Crippen molar-refractivity contribution in [3.05, 3.63) is 24.5 Å². The molecule has 0 radical (unpaired) electrons. The van der Waals surface area contributed by atoms with Crippen LogP contribution in [-0.2, 0) is 9.59 Å². The van der Waals surface area contributed by atoms with Crippen LogP contribution in [0.15, 0.2) is 24.5 Å². The van der Waals surface area contributed by atoms with Crippen molar-refractivity contribution in [1.82, 2.24) is 9.88 Å². The number of nitrogens with one attached hydrogen (secondary N) is 1. The van der Waals surface area contributed by atoms with Crippen molar-refractivity contribution in [3.63, 3.8) is 0 Å². The predicted molar refractivity (Wildman–Crippen MR) is 69.4 cm³/mol. The number of carbonyl (C=O) groups is 2. The normalized spacial score (nSPS) is 19.7. The summed E-state index contributed by atoms with van der Waals surface area (Å²) in [5, 5.41) is 13.4. The molecule has 4 N–H and O–H groups in total. The summed E-state index contributed by atoms with van der Waals surface area (Å²) in [5.74, 6) is -0.454. The fraction of sp³-hybridized carbons (Fsp3) is 0.231. The first-order valence-corrected chi connectivity index (χ1v) is 5.98. The number of fused-ring (bicyclic) bond motifs is 1. The minimum Gasteiger partial charge on any atom is -0.507 e. The topological polar surface area (TPSA) is 97.3 Å². The molecule has 1 aliphatic rings. The Balaban J connectivity index is 2.06. The van der Waals surface area contributed by atoms with E-state index in [0.29, 0.717) is 29.3 Å². The Morgan fingerprint density at radius 2 is 2.00 bits per heavy atom. The van der Waals surface area contributed by atoms with Gasteiger partial charge in [0.2, 0.25) is 11.8 Å². The summed E-state index contributed by atoms with van der Waals surface area (Å²) >= 11 is 0. The van der Waals surface area contributed by atoms with Crippen LogP contribution in [0, 0.1) is 0 Å². The maximum absolute atomic E-state index is 11.8. The van der Waals surface area contributed by atoms with Gasteiger partial charge in [0.1, 0.15) is 11.8 Å². The number of aromatic nitrogens is 1. The number of nitrogen functional groups attached to an aromatic ring is 1. The fourth-order valence-electron chi connectivity index (χ4n) is 2.40. The number of imide groups is 1. The van der Waals surface area contributed by atoms with Gasteiger partial charge in [-0.2, -0.15) is 0 Å². The summed E-state index contributed by atoms with van der Waals surface area (Å²) in [6.45, 7) is 0. The first-order chi connectivity index (χ1) is 9.06. The highest BCUT2D eigenvalue weighted by atomic mass is 16.3. The molecule has 0 aliphatic carbocycles. The first-order valence-electron chi connectivity index (χ1n) is 5.98. The van der Waals surface area contributed by atoms with Crippen LogP contribution in [0.1, 0.15) is 18.9 Å². The molecule has 2 heterocycles. The molecule has 6 heteroatoms. The summed E-state index contributed by atoms with van der Waals surface area (Å²) in [4.78, 5) is 22.9. The zero-order valence-corrected chi connectivity index (χ0v) is 10.1. The molecule has 1 aromatic carbocycles. The number of hydrogen-bond acceptors (Lipinski definition) is 4. The zero-order valence-electron chi connectivity index (χ0n) is 10.1. The Hall–Kier alpha value is -2.50. The molecule has 1 saturated heterocycles. The first kappa shape index (κ1) is 11.6. The molecule has 0 bridgehead atoms. The molecule has 1 aliphatic heterocycles. The zero-order chi connectivity index (χ0) is 13.6. The average molecular weight is 259 g/mol. The van der Waals surface area contributed by atoms with Crippen molar-refractivity contribution < 1.29 is 14.7 Å². The second-order valence-corrected chi connectivity index (χ2v) is 4.67. The van der Waals surface area contributed by atoms with E-state index in [1.165, 1.54) is 6.07 Å². The minimum absolute atomic E-state index is 0.121. The number of carbonyl (C=O) groups excluding carboxylic acids is 2. The van der Waals surface area contributed by atoms with Crippen LogP contribution >= 0.6 is 0 Å². The van der Waals surface area contributed by atoms with Gasteiger partial charge in [0.05, 0.1) is 0 Å². The number of benzene rings is 1. The fourth-order valence-corrected chi connectivity index (χ4v) is 2.40. The van der Waals surface area contributed by atoms with Crippen molar-refractivity contribution in [2.45, 2.75) is 18.9 Å². The van der Waals surface area contributed by atoms with Crippen LogP contribution < -0.4 is 11.1 Å². The number of amides is 2. The SMILES string of the molecule is Nc1ccc(O)c2cn(C3CCC(=O)NC3=O)cc12. The molecule has 3 rings (SSSR count). The third-order valence-corrected chi connectivity index (χ3v) is 3.42. The molecule has 6 nitrogen and oxygen atoms in total. The lowest BCUT2D eigenvalue weighted by atomic mass is 10.1. The van der Waals surface area contributed by atoms with E-state index in [1.807, 2.05) is 0 Å². The lowest BCUT2D eigenvalue weighted by Crippen LogP contribution is -2.41. The Morgan fingerprint density at radius 3 is 2.68 bits per heavy atom. The molecule has 1 unspecified atom stereocenters. The second-order valence-electron chi connectivity index (χ2n) is 4.67. The van der Waals surface area contributed by atoms with E-state index in [-0.39, 0.29) is 17.6 Å². The molecular weight excluding hydrogens is 246 g/mol. The minimum atomic E-state index is -0.441. The molecule has 2 amide bonds. The molecule has 1 atom stereocenters. The van der Waals surface area contributed by atoms with Gasteiger partial charge in [-0.1, -0.05) is 0 Å². The van der Waals surface area contributed by atoms with Crippen LogP contribution in [0.4, 0.5) is 5.69 Å². The number of piperidine rings is 1. The van der Waals surface area contributed by atoms with Gasteiger partial charge in [0, 0.05) is 35.3 Å². The van der Waals surface area contributed by atoms with Crippen LogP contribution in [0.25, 0.3) is 10.8 Å². The van der Waals surface area contributed by atoms with Gasteiger partial charge in [-0.15, -0.1) is 0 Å². The molecular formula is C13H13N3O3. The molecule has 98 valence electrons. The van der Waals surface area contributed by atoms with Crippen molar-refractivity contribution in [1.29, 1.82) is 0 Å². The van der Waals surface area contributed by atoms with Gasteiger partial charge in [-0.3, -0.25) is 14.9 Å². The van der Waals surface area contributed by atoms with Gasteiger partial charge >= 0.3 is 0 Å². The average Bonchev–Trinajstić information content (AvgIpc) is 2.80. The van der Waals surface area contributed by atoms with Gasteiger partial charge in [-0.25, -0.2) is 0 Å². The molecule has 1 aromatic heterocycles. The van der Waals surface area contributed by atoms with Crippen molar-refractivity contribution in [2.24, 2.45) is 0 Å². The van der Waals surface area contributed by atoms with Crippen LogP contribution in [0.3, 0.4) is 0 Å². The number of hydrogen-bond donors (Lipinski definition) is 3. The van der Waals surface area contributed by atoms with Crippen LogP contribution in [-0.4, -0.2) is 21.5 Å². The number of anilines is 1. The highest BCUT2D eigenvalue weighted by Crippen LogP contribution is 2.32. The lowest BCUT2D eigenvalue weighted by molar-refractivity contribution is -0.135. The van der Waals surface area contributed by atoms with E-state index < -0.39 is 6.04 Å². The van der Waals surface area contributed by atoms with Crippen molar-refractivity contribution >= 4 is 28.3 Å². The van der Waals surface area contributed by atoms with E-state index >= 15 is 0 Å². The Labute approximate surface area is 108 Å². The third kappa shape index (κ3) is 1.81. The van der Waals surface area contributed by atoms with E-state index in [0.717, 1.165) is 0 Å². The van der Waals surface area contributed by atoms with Crippen molar-refractivity contribution in [2.75, 3.05) is 5.73 Å². The third-order valence-electron chi connectivity index (χ3n) is 3.42. The Bertz CT molecular complexity index is 651. The molecule has 1 fully saturated rings. The highest BCUT2D eigenvalue weighted by Gasteiger charge is 2.28. The molecule has 2 aromatic rings. The number of phenols is 1. The maximum Gasteiger partial charge on any atom is 0.249 e. The number of nitrogens with zero attached hydrogens (tertiary/aromatic N) is 1. The van der Waals surface area contributed by atoms with Crippen LogP contribution in [0.5, 0.6) is 5.75 Å². The number of aromatic hydroxyl groups is 1. The van der Waals surface area contributed by atoms with Gasteiger partial charge < -0.3 is 15.4 Å². The number of rotatable bonds is 1. The Kier molecular flexibility index (Phi) is 2.45. The van der Waals surface area contributed by atoms with E-state index in [2.05, 4.69) is 5.32 Å². The largest absolute Gasteiger partial charge is 0.507 e. The summed E-state index contributed by atoms with van der Waals surface area (Å²) in [5.41, 5.74) is 6.39. The van der Waals surface area contributed by atoms with E-state index in [4.69, 9.17) is 5.73 Å².